The summed E-state index contributed by atoms with van der Waals surface area (Å²) >= 11 is 0. The van der Waals surface area contributed by atoms with Gasteiger partial charge in [0.05, 0.1) is 5.54 Å². The minimum atomic E-state index is 0.121. The number of rotatable bonds is 6. The number of fused-ring (bicyclic) bond motifs is 1. The molecule has 2 N–H and O–H groups in total. The van der Waals surface area contributed by atoms with Crippen LogP contribution in [-0.2, 0) is 6.42 Å². The van der Waals surface area contributed by atoms with Crippen molar-refractivity contribution in [2.45, 2.75) is 64.8 Å². The van der Waals surface area contributed by atoms with Crippen molar-refractivity contribution < 1.29 is 0 Å². The molecule has 2 nitrogen and oxygen atoms in total. The molecule has 118 valence electrons. The van der Waals surface area contributed by atoms with E-state index < -0.39 is 0 Å². The maximum Gasteiger partial charge on any atom is 0.0524 e. The number of hydrogen-bond donors (Lipinski definition) is 1. The lowest BCUT2D eigenvalue weighted by Gasteiger charge is -2.46. The van der Waals surface area contributed by atoms with Gasteiger partial charge >= 0.3 is 0 Å². The highest BCUT2D eigenvalue weighted by Crippen LogP contribution is 2.37. The number of aryl methyl sites for hydroxylation is 1. The Bertz CT molecular complexity index is 437. The summed E-state index contributed by atoms with van der Waals surface area (Å²) in [5.74, 6) is 0.726. The molecule has 0 aromatic heterocycles. The molecule has 0 spiro atoms. The Hall–Kier alpha value is -1.02. The second-order valence-corrected chi connectivity index (χ2v) is 6.74. The first-order chi connectivity index (χ1) is 10.2. The lowest BCUT2D eigenvalue weighted by molar-refractivity contribution is 0.296. The summed E-state index contributed by atoms with van der Waals surface area (Å²) in [6, 6.07) is 8.95. The summed E-state index contributed by atoms with van der Waals surface area (Å²) in [6.07, 6.45) is 7.34. The second-order valence-electron chi connectivity index (χ2n) is 6.74. The van der Waals surface area contributed by atoms with Crippen LogP contribution >= 0.6 is 0 Å². The van der Waals surface area contributed by atoms with Crippen LogP contribution in [0.1, 0.15) is 58.4 Å². The van der Waals surface area contributed by atoms with E-state index in [1.165, 1.54) is 43.4 Å². The molecule has 2 atom stereocenters. The van der Waals surface area contributed by atoms with Crippen molar-refractivity contribution in [1.29, 1.82) is 0 Å². The van der Waals surface area contributed by atoms with E-state index in [1.54, 1.807) is 0 Å². The van der Waals surface area contributed by atoms with Gasteiger partial charge in [0.1, 0.15) is 0 Å². The molecule has 0 amide bonds. The number of nitrogens with zero attached hydrogens (tertiary/aromatic N) is 1. The summed E-state index contributed by atoms with van der Waals surface area (Å²) in [4.78, 5) is 2.65. The van der Waals surface area contributed by atoms with Crippen molar-refractivity contribution in [2.24, 2.45) is 11.7 Å². The molecular formula is C19H32N2. The Labute approximate surface area is 130 Å². The van der Waals surface area contributed by atoms with E-state index in [4.69, 9.17) is 5.73 Å². The fourth-order valence-corrected chi connectivity index (χ4v) is 3.76. The van der Waals surface area contributed by atoms with Crippen molar-refractivity contribution in [3.8, 4) is 0 Å². The van der Waals surface area contributed by atoms with E-state index in [9.17, 15) is 0 Å². The molecular weight excluding hydrogens is 256 g/mol. The number of para-hydroxylation sites is 1. The van der Waals surface area contributed by atoms with Gasteiger partial charge in [-0.25, -0.2) is 0 Å². The standard InChI is InChI=1S/C19H32N2/c1-4-16(3)14-19(5-2,15-20)21-13-9-8-11-17-10-6-7-12-18(17)21/h6-7,10,12,16H,4-5,8-9,11,13-15,20H2,1-3H3. The normalized spacial score (nSPS) is 19.5. The fourth-order valence-electron chi connectivity index (χ4n) is 3.76. The molecule has 1 heterocycles. The van der Waals surface area contributed by atoms with Crippen LogP contribution in [-0.4, -0.2) is 18.6 Å². The zero-order valence-corrected chi connectivity index (χ0v) is 14.1. The SMILES string of the molecule is CCC(C)CC(CC)(CN)N1CCCCc2ccccc21. The average Bonchev–Trinajstić information content (AvgIpc) is 2.75. The lowest BCUT2D eigenvalue weighted by Crippen LogP contribution is -2.55. The molecule has 0 saturated carbocycles. The van der Waals surface area contributed by atoms with Crippen LogP contribution < -0.4 is 10.6 Å². The minimum absolute atomic E-state index is 0.121. The van der Waals surface area contributed by atoms with Gasteiger partial charge in [0, 0.05) is 18.8 Å². The largest absolute Gasteiger partial charge is 0.364 e. The van der Waals surface area contributed by atoms with Gasteiger partial charge < -0.3 is 10.6 Å². The predicted octanol–water partition coefficient (Wildman–Crippen LogP) is 4.37. The maximum atomic E-state index is 6.32. The molecule has 0 bridgehead atoms. The third kappa shape index (κ3) is 3.42. The number of nitrogens with two attached hydrogens (primary N) is 1. The van der Waals surface area contributed by atoms with E-state index in [-0.39, 0.29) is 5.54 Å². The monoisotopic (exact) mass is 288 g/mol. The summed E-state index contributed by atoms with van der Waals surface area (Å²) < 4.78 is 0. The zero-order valence-electron chi connectivity index (χ0n) is 14.1. The van der Waals surface area contributed by atoms with Gasteiger partial charge in [-0.15, -0.1) is 0 Å². The van der Waals surface area contributed by atoms with Gasteiger partial charge in [0.2, 0.25) is 0 Å². The molecule has 0 fully saturated rings. The Balaban J connectivity index is 2.39. The van der Waals surface area contributed by atoms with E-state index in [1.807, 2.05) is 0 Å². The number of benzene rings is 1. The fraction of sp³-hybridized carbons (Fsp3) is 0.684. The predicted molar refractivity (Wildman–Crippen MR) is 92.9 cm³/mol. The van der Waals surface area contributed by atoms with Crippen molar-refractivity contribution in [1.82, 2.24) is 0 Å². The van der Waals surface area contributed by atoms with E-state index in [2.05, 4.69) is 49.9 Å². The first kappa shape index (κ1) is 16.4. The molecule has 0 radical (unpaired) electrons. The highest BCUT2D eigenvalue weighted by Gasteiger charge is 2.36. The Kier molecular flexibility index (Phi) is 5.69. The van der Waals surface area contributed by atoms with Gasteiger partial charge in [-0.1, -0.05) is 45.4 Å². The van der Waals surface area contributed by atoms with E-state index >= 15 is 0 Å². The summed E-state index contributed by atoms with van der Waals surface area (Å²) in [6.45, 7) is 8.87. The highest BCUT2D eigenvalue weighted by molar-refractivity contribution is 5.56. The number of anilines is 1. The van der Waals surface area contributed by atoms with Gasteiger partial charge in [0.15, 0.2) is 0 Å². The summed E-state index contributed by atoms with van der Waals surface area (Å²) in [7, 11) is 0. The Morgan fingerprint density at radius 1 is 1.24 bits per heavy atom. The zero-order chi connectivity index (χ0) is 15.3. The number of hydrogen-bond acceptors (Lipinski definition) is 2. The molecule has 2 rings (SSSR count). The first-order valence-electron chi connectivity index (χ1n) is 8.72. The van der Waals surface area contributed by atoms with Crippen LogP contribution in [0, 0.1) is 5.92 Å². The first-order valence-corrected chi connectivity index (χ1v) is 8.72. The van der Waals surface area contributed by atoms with Crippen LogP contribution in [0.25, 0.3) is 0 Å². The van der Waals surface area contributed by atoms with Crippen molar-refractivity contribution in [3.63, 3.8) is 0 Å². The van der Waals surface area contributed by atoms with Crippen molar-refractivity contribution >= 4 is 5.69 Å². The van der Waals surface area contributed by atoms with Crippen LogP contribution in [0.15, 0.2) is 24.3 Å². The van der Waals surface area contributed by atoms with Gasteiger partial charge in [-0.05, 0) is 49.7 Å². The highest BCUT2D eigenvalue weighted by atomic mass is 15.2. The lowest BCUT2D eigenvalue weighted by atomic mass is 9.82. The van der Waals surface area contributed by atoms with Gasteiger partial charge in [0.25, 0.3) is 0 Å². The molecule has 21 heavy (non-hydrogen) atoms. The van der Waals surface area contributed by atoms with Crippen molar-refractivity contribution in [3.05, 3.63) is 29.8 Å². The molecule has 2 heteroatoms. The third-order valence-electron chi connectivity index (χ3n) is 5.40. The average molecular weight is 288 g/mol. The maximum absolute atomic E-state index is 6.32. The van der Waals surface area contributed by atoms with Gasteiger partial charge in [-0.3, -0.25) is 0 Å². The Morgan fingerprint density at radius 2 is 2.00 bits per heavy atom. The smallest absolute Gasteiger partial charge is 0.0524 e. The molecule has 0 saturated heterocycles. The van der Waals surface area contributed by atoms with Gasteiger partial charge in [-0.2, -0.15) is 0 Å². The molecule has 1 aromatic carbocycles. The topological polar surface area (TPSA) is 29.3 Å². The molecule has 1 aliphatic heterocycles. The third-order valence-corrected chi connectivity index (χ3v) is 5.40. The molecule has 1 aromatic rings. The molecule has 0 aliphatic carbocycles. The van der Waals surface area contributed by atoms with E-state index in [0.717, 1.165) is 25.4 Å². The minimum Gasteiger partial charge on any atom is -0.364 e. The van der Waals surface area contributed by atoms with Crippen molar-refractivity contribution in [2.75, 3.05) is 18.0 Å². The Morgan fingerprint density at radius 3 is 2.67 bits per heavy atom. The van der Waals surface area contributed by atoms with E-state index in [0.29, 0.717) is 0 Å². The summed E-state index contributed by atoms with van der Waals surface area (Å²) in [5.41, 5.74) is 9.38. The van der Waals surface area contributed by atoms with Crippen LogP contribution in [0.4, 0.5) is 5.69 Å². The summed E-state index contributed by atoms with van der Waals surface area (Å²) in [5, 5.41) is 0. The quantitative estimate of drug-likeness (QED) is 0.842. The second kappa shape index (κ2) is 7.31. The van der Waals surface area contributed by atoms with Crippen LogP contribution in [0.3, 0.4) is 0 Å². The molecule has 1 aliphatic rings. The van der Waals surface area contributed by atoms with Crippen LogP contribution in [0.2, 0.25) is 0 Å². The van der Waals surface area contributed by atoms with Crippen LogP contribution in [0.5, 0.6) is 0 Å². The molecule has 2 unspecified atom stereocenters.